The van der Waals surface area contributed by atoms with Gasteiger partial charge in [0.2, 0.25) is 0 Å². The van der Waals surface area contributed by atoms with Crippen molar-refractivity contribution in [2.24, 2.45) is 0 Å². The highest BCUT2D eigenvalue weighted by molar-refractivity contribution is 5.75. The third kappa shape index (κ3) is 4.51. The number of carbonyl (C=O) groups is 1. The van der Waals surface area contributed by atoms with Crippen LogP contribution < -0.4 is 5.32 Å². The van der Waals surface area contributed by atoms with Gasteiger partial charge in [-0.3, -0.25) is 0 Å². The topological polar surface area (TPSA) is 54.0 Å². The summed E-state index contributed by atoms with van der Waals surface area (Å²) in [4.78, 5) is 17.3. The largest absolute Gasteiger partial charge is 0.378 e. The normalized spacial score (nSPS) is 27.7. The fourth-order valence-electron chi connectivity index (χ4n) is 4.90. The predicted octanol–water partition coefficient (Wildman–Crippen LogP) is 3.23. The molecule has 2 fully saturated rings. The van der Waals surface area contributed by atoms with Crippen LogP contribution in [0.2, 0.25) is 0 Å². The van der Waals surface area contributed by atoms with Crippen LogP contribution in [-0.2, 0) is 27.9 Å². The molecule has 1 aromatic carbocycles. The summed E-state index contributed by atoms with van der Waals surface area (Å²) in [5.41, 5.74) is 5.45. The quantitative estimate of drug-likeness (QED) is 0.765. The summed E-state index contributed by atoms with van der Waals surface area (Å²) in [6.45, 7) is 16.0. The molecule has 4 rings (SSSR count). The zero-order chi connectivity index (χ0) is 21.5. The standard InChI is InChI=1S/C24H37N3O3/c1-16-12-27(13-17(2)30-16)23(28)26-8-6-18-10-19(24(3,4)5)11-20(21(18)14-26)22-15-29-9-7-25-22/h10-11,16-17,22,25H,6-9,12-15H2,1-5H3/t16-,17-,22-/m0/s1. The van der Waals surface area contributed by atoms with Crippen molar-refractivity contribution in [1.29, 1.82) is 0 Å². The maximum Gasteiger partial charge on any atom is 0.320 e. The van der Waals surface area contributed by atoms with Gasteiger partial charge >= 0.3 is 6.03 Å². The third-order valence-corrected chi connectivity index (χ3v) is 6.50. The Kier molecular flexibility index (Phi) is 6.11. The number of amides is 2. The molecule has 0 unspecified atom stereocenters. The number of nitrogens with zero attached hydrogens (tertiary/aromatic N) is 2. The van der Waals surface area contributed by atoms with Gasteiger partial charge in [0.15, 0.2) is 0 Å². The first-order chi connectivity index (χ1) is 14.2. The molecule has 0 bridgehead atoms. The second kappa shape index (κ2) is 8.48. The van der Waals surface area contributed by atoms with E-state index >= 15 is 0 Å². The highest BCUT2D eigenvalue weighted by Gasteiger charge is 2.33. The molecule has 3 aliphatic heterocycles. The van der Waals surface area contributed by atoms with Crippen LogP contribution in [0.1, 0.15) is 62.9 Å². The Bertz CT molecular complexity index is 773. The van der Waals surface area contributed by atoms with E-state index in [0.717, 1.165) is 26.1 Å². The Hall–Kier alpha value is -1.63. The van der Waals surface area contributed by atoms with Crippen molar-refractivity contribution in [3.05, 3.63) is 34.4 Å². The number of ether oxygens (including phenoxy) is 2. The molecule has 3 aliphatic rings. The molecule has 0 saturated carbocycles. The van der Waals surface area contributed by atoms with Crippen molar-refractivity contribution < 1.29 is 14.3 Å². The molecule has 1 aromatic rings. The van der Waals surface area contributed by atoms with Gasteiger partial charge in [-0.2, -0.15) is 0 Å². The van der Waals surface area contributed by atoms with Crippen LogP contribution in [0.15, 0.2) is 12.1 Å². The van der Waals surface area contributed by atoms with Gasteiger partial charge in [0.1, 0.15) is 0 Å². The average molecular weight is 416 g/mol. The average Bonchev–Trinajstić information content (AvgIpc) is 2.71. The summed E-state index contributed by atoms with van der Waals surface area (Å²) < 4.78 is 11.6. The molecule has 2 saturated heterocycles. The van der Waals surface area contributed by atoms with E-state index in [1.165, 1.54) is 22.3 Å². The Morgan fingerprint density at radius 2 is 1.87 bits per heavy atom. The van der Waals surface area contributed by atoms with Gasteiger partial charge in [0, 0.05) is 32.7 Å². The second-order valence-electron chi connectivity index (χ2n) is 10.2. The van der Waals surface area contributed by atoms with Crippen molar-refractivity contribution >= 4 is 6.03 Å². The van der Waals surface area contributed by atoms with E-state index in [1.54, 1.807) is 0 Å². The van der Waals surface area contributed by atoms with E-state index in [4.69, 9.17) is 9.47 Å². The highest BCUT2D eigenvalue weighted by Crippen LogP contribution is 2.34. The van der Waals surface area contributed by atoms with Gasteiger partial charge in [-0.1, -0.05) is 32.9 Å². The Morgan fingerprint density at radius 3 is 2.50 bits per heavy atom. The van der Waals surface area contributed by atoms with E-state index in [0.29, 0.717) is 26.2 Å². The van der Waals surface area contributed by atoms with E-state index in [9.17, 15) is 4.79 Å². The van der Waals surface area contributed by atoms with Crippen LogP contribution in [0.4, 0.5) is 4.79 Å². The summed E-state index contributed by atoms with van der Waals surface area (Å²) in [5, 5.41) is 3.63. The number of hydrogen-bond donors (Lipinski definition) is 1. The van der Waals surface area contributed by atoms with Crippen LogP contribution in [-0.4, -0.2) is 67.4 Å². The second-order valence-corrected chi connectivity index (χ2v) is 10.2. The summed E-state index contributed by atoms with van der Waals surface area (Å²) in [6.07, 6.45) is 1.08. The number of benzene rings is 1. The minimum Gasteiger partial charge on any atom is -0.378 e. The number of nitrogens with one attached hydrogen (secondary N) is 1. The molecule has 166 valence electrons. The SMILES string of the molecule is C[C@H]1CN(C(=O)N2CCc3cc(C(C)(C)C)cc([C@@H]4COCCN4)c3C2)C[C@H](C)O1. The van der Waals surface area contributed by atoms with Gasteiger partial charge in [-0.25, -0.2) is 4.79 Å². The van der Waals surface area contributed by atoms with Crippen LogP contribution >= 0.6 is 0 Å². The van der Waals surface area contributed by atoms with Gasteiger partial charge in [-0.15, -0.1) is 0 Å². The Morgan fingerprint density at radius 1 is 1.13 bits per heavy atom. The summed E-state index contributed by atoms with van der Waals surface area (Å²) in [7, 11) is 0. The number of urea groups is 1. The van der Waals surface area contributed by atoms with Crippen LogP contribution in [0.25, 0.3) is 0 Å². The molecule has 6 nitrogen and oxygen atoms in total. The van der Waals surface area contributed by atoms with Crippen LogP contribution in [0.3, 0.4) is 0 Å². The third-order valence-electron chi connectivity index (χ3n) is 6.50. The van der Waals surface area contributed by atoms with E-state index in [1.807, 2.05) is 23.6 Å². The molecule has 0 radical (unpaired) electrons. The summed E-state index contributed by atoms with van der Waals surface area (Å²) in [6, 6.07) is 5.04. The van der Waals surface area contributed by atoms with Crippen molar-refractivity contribution in [1.82, 2.24) is 15.1 Å². The fraction of sp³-hybridized carbons (Fsp3) is 0.708. The zero-order valence-electron chi connectivity index (χ0n) is 19.2. The summed E-state index contributed by atoms with van der Waals surface area (Å²) in [5.74, 6) is 0. The fourth-order valence-corrected chi connectivity index (χ4v) is 4.90. The smallest absolute Gasteiger partial charge is 0.320 e. The Balaban J connectivity index is 1.62. The van der Waals surface area contributed by atoms with Crippen molar-refractivity contribution in [3.8, 4) is 0 Å². The highest BCUT2D eigenvalue weighted by atomic mass is 16.5. The molecule has 3 heterocycles. The first-order valence-corrected chi connectivity index (χ1v) is 11.4. The van der Waals surface area contributed by atoms with Crippen molar-refractivity contribution in [2.45, 2.75) is 71.2 Å². The van der Waals surface area contributed by atoms with Gasteiger partial charge in [-0.05, 0) is 47.9 Å². The van der Waals surface area contributed by atoms with Crippen LogP contribution in [0.5, 0.6) is 0 Å². The summed E-state index contributed by atoms with van der Waals surface area (Å²) >= 11 is 0. The van der Waals surface area contributed by atoms with Gasteiger partial charge < -0.3 is 24.6 Å². The van der Waals surface area contributed by atoms with E-state index in [-0.39, 0.29) is 29.7 Å². The molecule has 30 heavy (non-hydrogen) atoms. The number of carbonyl (C=O) groups excluding carboxylic acids is 1. The lowest BCUT2D eigenvalue weighted by molar-refractivity contribution is -0.0585. The molecule has 0 aromatic heterocycles. The lowest BCUT2D eigenvalue weighted by atomic mass is 9.80. The molecular formula is C24H37N3O3. The lowest BCUT2D eigenvalue weighted by Crippen LogP contribution is -2.53. The molecule has 1 N–H and O–H groups in total. The molecular weight excluding hydrogens is 378 g/mol. The first kappa shape index (κ1) is 21.6. The molecule has 3 atom stereocenters. The minimum absolute atomic E-state index is 0.0864. The number of hydrogen-bond acceptors (Lipinski definition) is 4. The van der Waals surface area contributed by atoms with Crippen LogP contribution in [0, 0.1) is 0 Å². The molecule has 6 heteroatoms. The number of rotatable bonds is 1. The minimum atomic E-state index is 0.0864. The monoisotopic (exact) mass is 415 g/mol. The molecule has 2 amide bonds. The maximum absolute atomic E-state index is 13.3. The predicted molar refractivity (Wildman–Crippen MR) is 118 cm³/mol. The maximum atomic E-state index is 13.3. The number of fused-ring (bicyclic) bond motifs is 1. The Labute approximate surface area is 180 Å². The van der Waals surface area contributed by atoms with Crippen molar-refractivity contribution in [3.63, 3.8) is 0 Å². The van der Waals surface area contributed by atoms with E-state index < -0.39 is 0 Å². The first-order valence-electron chi connectivity index (χ1n) is 11.4. The number of morpholine rings is 2. The molecule has 0 spiro atoms. The van der Waals surface area contributed by atoms with Gasteiger partial charge in [0.25, 0.3) is 0 Å². The van der Waals surface area contributed by atoms with Gasteiger partial charge in [0.05, 0.1) is 31.5 Å². The van der Waals surface area contributed by atoms with Crippen molar-refractivity contribution in [2.75, 3.05) is 39.4 Å². The molecule has 0 aliphatic carbocycles. The lowest BCUT2D eigenvalue weighted by Gasteiger charge is -2.40. The van der Waals surface area contributed by atoms with E-state index in [2.05, 4.69) is 38.2 Å². The zero-order valence-corrected chi connectivity index (χ0v) is 19.2.